The fourth-order valence-corrected chi connectivity index (χ4v) is 2.37. The topological polar surface area (TPSA) is 38.9 Å². The van der Waals surface area contributed by atoms with Gasteiger partial charge < -0.3 is 5.73 Å². The lowest BCUT2D eigenvalue weighted by Gasteiger charge is -2.18. The first kappa shape index (κ1) is 13.0. The third-order valence-electron chi connectivity index (χ3n) is 2.74. The van der Waals surface area contributed by atoms with E-state index in [4.69, 9.17) is 5.73 Å². The van der Waals surface area contributed by atoms with Gasteiger partial charge in [-0.25, -0.2) is 4.98 Å². The van der Waals surface area contributed by atoms with E-state index >= 15 is 0 Å². The summed E-state index contributed by atoms with van der Waals surface area (Å²) in [6.45, 7) is 6.56. The zero-order valence-corrected chi connectivity index (χ0v) is 11.8. The Morgan fingerprint density at radius 2 is 1.78 bits per heavy atom. The Morgan fingerprint density at radius 1 is 1.06 bits per heavy atom. The van der Waals surface area contributed by atoms with Gasteiger partial charge in [0.15, 0.2) is 0 Å². The first-order valence-electron chi connectivity index (χ1n) is 5.96. The van der Waals surface area contributed by atoms with Crippen LogP contribution in [0.4, 0.5) is 5.69 Å². The highest BCUT2D eigenvalue weighted by molar-refractivity contribution is 7.99. The molecule has 3 heteroatoms. The molecule has 1 heterocycles. The van der Waals surface area contributed by atoms with Gasteiger partial charge in [0.1, 0.15) is 5.03 Å². The SMILES string of the molecule is CC(C)(C)c1ccc(Sc2ccccc2N)nc1. The fourth-order valence-electron chi connectivity index (χ4n) is 1.57. The van der Waals surface area contributed by atoms with Gasteiger partial charge in [0, 0.05) is 16.8 Å². The van der Waals surface area contributed by atoms with E-state index in [0.717, 1.165) is 15.6 Å². The quantitative estimate of drug-likeness (QED) is 0.824. The van der Waals surface area contributed by atoms with Crippen LogP contribution in [0.15, 0.2) is 52.5 Å². The van der Waals surface area contributed by atoms with Crippen molar-refractivity contribution in [2.45, 2.75) is 36.1 Å². The summed E-state index contributed by atoms with van der Waals surface area (Å²) in [4.78, 5) is 5.54. The number of rotatable bonds is 2. The molecular weight excluding hydrogens is 240 g/mol. The number of hydrogen-bond acceptors (Lipinski definition) is 3. The Morgan fingerprint density at radius 3 is 2.33 bits per heavy atom. The maximum absolute atomic E-state index is 5.92. The highest BCUT2D eigenvalue weighted by Crippen LogP contribution is 2.31. The lowest BCUT2D eigenvalue weighted by molar-refractivity contribution is 0.586. The minimum atomic E-state index is 0.141. The van der Waals surface area contributed by atoms with Crippen LogP contribution in [0.3, 0.4) is 0 Å². The molecule has 2 aromatic rings. The van der Waals surface area contributed by atoms with Gasteiger partial charge in [0.2, 0.25) is 0 Å². The van der Waals surface area contributed by atoms with Crippen molar-refractivity contribution in [1.82, 2.24) is 4.98 Å². The van der Waals surface area contributed by atoms with Crippen LogP contribution in [0.25, 0.3) is 0 Å². The second-order valence-electron chi connectivity index (χ2n) is 5.27. The molecule has 0 aliphatic heterocycles. The fraction of sp³-hybridized carbons (Fsp3) is 0.267. The van der Waals surface area contributed by atoms with Crippen molar-refractivity contribution in [2.24, 2.45) is 0 Å². The van der Waals surface area contributed by atoms with Gasteiger partial charge in [0.05, 0.1) is 0 Å². The Hall–Kier alpha value is -1.48. The number of hydrogen-bond donors (Lipinski definition) is 1. The van der Waals surface area contributed by atoms with Gasteiger partial charge in [-0.05, 0) is 29.2 Å². The van der Waals surface area contributed by atoms with Crippen LogP contribution in [0.1, 0.15) is 26.3 Å². The summed E-state index contributed by atoms with van der Waals surface area (Å²) in [6.07, 6.45) is 1.95. The monoisotopic (exact) mass is 258 g/mol. The molecule has 0 saturated carbocycles. The summed E-state index contributed by atoms with van der Waals surface area (Å²) in [7, 11) is 0. The molecule has 0 amide bonds. The van der Waals surface area contributed by atoms with Crippen molar-refractivity contribution in [3.8, 4) is 0 Å². The lowest BCUT2D eigenvalue weighted by atomic mass is 9.88. The molecule has 0 atom stereocenters. The van der Waals surface area contributed by atoms with E-state index in [-0.39, 0.29) is 5.41 Å². The average molecular weight is 258 g/mol. The van der Waals surface area contributed by atoms with E-state index in [2.05, 4.69) is 37.9 Å². The molecule has 0 saturated heterocycles. The third-order valence-corrected chi connectivity index (χ3v) is 3.78. The Labute approximate surface area is 113 Å². The molecule has 0 spiro atoms. The normalized spacial score (nSPS) is 11.5. The first-order chi connectivity index (χ1) is 8.47. The van der Waals surface area contributed by atoms with Gasteiger partial charge in [0.25, 0.3) is 0 Å². The van der Waals surface area contributed by atoms with Crippen LogP contribution in [0.2, 0.25) is 0 Å². The molecule has 0 radical (unpaired) electrons. The number of para-hydroxylation sites is 1. The molecule has 0 aliphatic rings. The van der Waals surface area contributed by atoms with Crippen LogP contribution in [0, 0.1) is 0 Å². The first-order valence-corrected chi connectivity index (χ1v) is 6.77. The zero-order valence-electron chi connectivity index (χ0n) is 11.0. The molecule has 2 nitrogen and oxygen atoms in total. The van der Waals surface area contributed by atoms with Gasteiger partial charge in [-0.15, -0.1) is 0 Å². The smallest absolute Gasteiger partial charge is 0.101 e. The molecule has 1 aromatic heterocycles. The average Bonchev–Trinajstić information content (AvgIpc) is 2.32. The zero-order chi connectivity index (χ0) is 13.2. The van der Waals surface area contributed by atoms with E-state index in [1.807, 2.05) is 30.5 Å². The standard InChI is InChI=1S/C15H18N2S/c1-15(2,3)11-8-9-14(17-10-11)18-13-7-5-4-6-12(13)16/h4-10H,16H2,1-3H3. The van der Waals surface area contributed by atoms with Crippen LogP contribution in [0.5, 0.6) is 0 Å². The maximum atomic E-state index is 5.92. The van der Waals surface area contributed by atoms with Crippen LogP contribution in [-0.2, 0) is 5.41 Å². The number of aromatic nitrogens is 1. The van der Waals surface area contributed by atoms with Crippen molar-refractivity contribution >= 4 is 17.4 Å². The van der Waals surface area contributed by atoms with E-state index in [1.54, 1.807) is 11.8 Å². The Kier molecular flexibility index (Phi) is 3.62. The molecule has 0 aliphatic carbocycles. The largest absolute Gasteiger partial charge is 0.398 e. The van der Waals surface area contributed by atoms with Crippen molar-refractivity contribution in [3.63, 3.8) is 0 Å². The number of nitrogens with two attached hydrogens (primary N) is 1. The third kappa shape index (κ3) is 3.05. The summed E-state index contributed by atoms with van der Waals surface area (Å²) in [6, 6.07) is 12.0. The van der Waals surface area contributed by atoms with Crippen molar-refractivity contribution in [1.29, 1.82) is 0 Å². The van der Waals surface area contributed by atoms with E-state index in [1.165, 1.54) is 5.56 Å². The minimum absolute atomic E-state index is 0.141. The summed E-state index contributed by atoms with van der Waals surface area (Å²) in [5, 5.41) is 0.973. The summed E-state index contributed by atoms with van der Waals surface area (Å²) in [5.41, 5.74) is 8.10. The maximum Gasteiger partial charge on any atom is 0.101 e. The van der Waals surface area contributed by atoms with Crippen molar-refractivity contribution in [3.05, 3.63) is 48.2 Å². The highest BCUT2D eigenvalue weighted by atomic mass is 32.2. The summed E-state index contributed by atoms with van der Waals surface area (Å²) >= 11 is 1.60. The van der Waals surface area contributed by atoms with Crippen molar-refractivity contribution in [2.75, 3.05) is 5.73 Å². The van der Waals surface area contributed by atoms with E-state index in [9.17, 15) is 0 Å². The van der Waals surface area contributed by atoms with Gasteiger partial charge in [-0.1, -0.05) is 50.7 Å². The molecule has 0 bridgehead atoms. The molecule has 1 aromatic carbocycles. The highest BCUT2D eigenvalue weighted by Gasteiger charge is 2.13. The second-order valence-corrected chi connectivity index (χ2v) is 6.34. The molecule has 0 fully saturated rings. The molecule has 2 N–H and O–H groups in total. The van der Waals surface area contributed by atoms with E-state index < -0.39 is 0 Å². The van der Waals surface area contributed by atoms with Crippen LogP contribution in [-0.4, -0.2) is 4.98 Å². The lowest BCUT2D eigenvalue weighted by Crippen LogP contribution is -2.11. The minimum Gasteiger partial charge on any atom is -0.398 e. The Bertz CT molecular complexity index is 527. The van der Waals surface area contributed by atoms with E-state index in [0.29, 0.717) is 0 Å². The van der Waals surface area contributed by atoms with Crippen LogP contribution < -0.4 is 5.73 Å². The molecule has 94 valence electrons. The number of anilines is 1. The Balaban J connectivity index is 2.19. The van der Waals surface area contributed by atoms with Crippen LogP contribution >= 0.6 is 11.8 Å². The molecule has 18 heavy (non-hydrogen) atoms. The molecule has 2 rings (SSSR count). The van der Waals surface area contributed by atoms with Gasteiger partial charge >= 0.3 is 0 Å². The number of nitrogens with zero attached hydrogens (tertiary/aromatic N) is 1. The summed E-state index contributed by atoms with van der Waals surface area (Å²) < 4.78 is 0. The summed E-state index contributed by atoms with van der Waals surface area (Å²) in [5.74, 6) is 0. The molecular formula is C15H18N2S. The van der Waals surface area contributed by atoms with Gasteiger partial charge in [-0.2, -0.15) is 0 Å². The molecule has 0 unspecified atom stereocenters. The number of benzene rings is 1. The predicted octanol–water partition coefficient (Wildman–Crippen LogP) is 4.11. The second kappa shape index (κ2) is 5.02. The number of pyridine rings is 1. The predicted molar refractivity (Wildman–Crippen MR) is 77.9 cm³/mol. The number of nitrogen functional groups attached to an aromatic ring is 1. The van der Waals surface area contributed by atoms with Gasteiger partial charge in [-0.3, -0.25) is 0 Å². The van der Waals surface area contributed by atoms with Crippen molar-refractivity contribution < 1.29 is 0 Å².